The fraction of sp³-hybridized carbons (Fsp3) is 0. The van der Waals surface area contributed by atoms with Gasteiger partial charge >= 0.3 is 5.97 Å². The van der Waals surface area contributed by atoms with Gasteiger partial charge in [0, 0.05) is 15.6 Å². The summed E-state index contributed by atoms with van der Waals surface area (Å²) in [4.78, 5) is 15.7. The van der Waals surface area contributed by atoms with E-state index in [1.165, 1.54) is 6.07 Å². The van der Waals surface area contributed by atoms with E-state index in [0.29, 0.717) is 21.4 Å². The van der Waals surface area contributed by atoms with E-state index in [-0.39, 0.29) is 5.56 Å². The molecule has 0 spiro atoms. The third-order valence-corrected chi connectivity index (χ3v) is 3.97. The molecule has 0 aliphatic carbocycles. The summed E-state index contributed by atoms with van der Waals surface area (Å²) in [6.45, 7) is 0. The van der Waals surface area contributed by atoms with Crippen molar-refractivity contribution < 1.29 is 9.90 Å². The summed E-state index contributed by atoms with van der Waals surface area (Å²) in [5.41, 5.74) is 2.77. The SMILES string of the molecule is O=C(O)c1cc(Cl)ccc1Nc1ccc(-c2ccccc2Cl)nc1. The molecule has 0 saturated heterocycles. The highest BCUT2D eigenvalue weighted by Crippen LogP contribution is 2.28. The van der Waals surface area contributed by atoms with Crippen LogP contribution in [0, 0.1) is 0 Å². The van der Waals surface area contributed by atoms with Gasteiger partial charge in [0.25, 0.3) is 0 Å². The van der Waals surface area contributed by atoms with Crippen LogP contribution in [0.5, 0.6) is 0 Å². The number of hydrogen-bond donors (Lipinski definition) is 2. The zero-order chi connectivity index (χ0) is 17.1. The van der Waals surface area contributed by atoms with Gasteiger partial charge in [-0.2, -0.15) is 0 Å². The number of anilines is 2. The largest absolute Gasteiger partial charge is 0.478 e. The lowest BCUT2D eigenvalue weighted by molar-refractivity contribution is 0.0698. The number of nitrogens with zero attached hydrogens (tertiary/aromatic N) is 1. The first-order valence-electron chi connectivity index (χ1n) is 7.05. The van der Waals surface area contributed by atoms with Crippen molar-refractivity contribution in [2.45, 2.75) is 0 Å². The van der Waals surface area contributed by atoms with E-state index in [0.717, 1.165) is 11.3 Å². The number of aromatic carboxylic acids is 1. The number of carboxylic acid groups (broad SMARTS) is 1. The molecule has 0 fully saturated rings. The van der Waals surface area contributed by atoms with Gasteiger partial charge in [-0.15, -0.1) is 0 Å². The molecular weight excluding hydrogens is 347 g/mol. The van der Waals surface area contributed by atoms with Crippen molar-refractivity contribution in [1.29, 1.82) is 0 Å². The highest BCUT2D eigenvalue weighted by atomic mass is 35.5. The van der Waals surface area contributed by atoms with Crippen molar-refractivity contribution in [3.05, 3.63) is 76.4 Å². The van der Waals surface area contributed by atoms with Crippen LogP contribution in [0.15, 0.2) is 60.8 Å². The maximum absolute atomic E-state index is 11.3. The molecule has 0 unspecified atom stereocenters. The molecule has 0 aliphatic heterocycles. The molecule has 0 atom stereocenters. The summed E-state index contributed by atoms with van der Waals surface area (Å²) in [5.74, 6) is -1.05. The minimum absolute atomic E-state index is 0.0951. The number of pyridine rings is 1. The minimum Gasteiger partial charge on any atom is -0.478 e. The Hall–Kier alpha value is -2.56. The minimum atomic E-state index is -1.05. The van der Waals surface area contributed by atoms with Gasteiger partial charge in [-0.25, -0.2) is 4.79 Å². The van der Waals surface area contributed by atoms with E-state index in [9.17, 15) is 9.90 Å². The van der Waals surface area contributed by atoms with Crippen LogP contribution < -0.4 is 5.32 Å². The number of nitrogens with one attached hydrogen (secondary N) is 1. The van der Waals surface area contributed by atoms with Gasteiger partial charge in [0.1, 0.15) is 0 Å². The molecule has 2 aromatic carbocycles. The van der Waals surface area contributed by atoms with E-state index >= 15 is 0 Å². The molecule has 3 rings (SSSR count). The van der Waals surface area contributed by atoms with Gasteiger partial charge in [0.15, 0.2) is 0 Å². The molecule has 1 aromatic heterocycles. The van der Waals surface area contributed by atoms with Crippen LogP contribution in [0.25, 0.3) is 11.3 Å². The van der Waals surface area contributed by atoms with Gasteiger partial charge in [0.05, 0.1) is 28.8 Å². The molecule has 2 N–H and O–H groups in total. The summed E-state index contributed by atoms with van der Waals surface area (Å²) in [6.07, 6.45) is 1.62. The molecule has 0 amide bonds. The molecule has 6 heteroatoms. The van der Waals surface area contributed by atoms with Crippen LogP contribution in [0.1, 0.15) is 10.4 Å². The topological polar surface area (TPSA) is 62.2 Å². The average molecular weight is 359 g/mol. The first-order chi connectivity index (χ1) is 11.5. The smallest absolute Gasteiger partial charge is 0.337 e. The molecule has 0 saturated carbocycles. The Kier molecular flexibility index (Phi) is 4.69. The monoisotopic (exact) mass is 358 g/mol. The Morgan fingerprint density at radius 3 is 2.50 bits per heavy atom. The summed E-state index contributed by atoms with van der Waals surface area (Å²) < 4.78 is 0. The van der Waals surface area contributed by atoms with Gasteiger partial charge in [0.2, 0.25) is 0 Å². The van der Waals surface area contributed by atoms with Crippen LogP contribution in [0.4, 0.5) is 11.4 Å². The maximum Gasteiger partial charge on any atom is 0.337 e. The molecule has 0 aliphatic rings. The quantitative estimate of drug-likeness (QED) is 0.646. The Balaban J connectivity index is 1.88. The van der Waals surface area contributed by atoms with Crippen LogP contribution >= 0.6 is 23.2 Å². The van der Waals surface area contributed by atoms with Crippen molar-refractivity contribution >= 4 is 40.5 Å². The van der Waals surface area contributed by atoms with Crippen molar-refractivity contribution in [2.24, 2.45) is 0 Å². The lowest BCUT2D eigenvalue weighted by atomic mass is 10.1. The molecule has 3 aromatic rings. The van der Waals surface area contributed by atoms with Gasteiger partial charge in [-0.1, -0.05) is 41.4 Å². The number of carbonyl (C=O) groups is 1. The number of benzene rings is 2. The van der Waals surface area contributed by atoms with Gasteiger partial charge in [-0.3, -0.25) is 4.98 Å². The highest BCUT2D eigenvalue weighted by molar-refractivity contribution is 6.33. The highest BCUT2D eigenvalue weighted by Gasteiger charge is 2.11. The Labute approximate surface area is 148 Å². The Bertz CT molecular complexity index is 896. The van der Waals surface area contributed by atoms with Gasteiger partial charge in [-0.05, 0) is 36.4 Å². The second-order valence-electron chi connectivity index (χ2n) is 5.03. The van der Waals surface area contributed by atoms with Crippen molar-refractivity contribution in [3.8, 4) is 11.3 Å². The van der Waals surface area contributed by atoms with E-state index in [1.807, 2.05) is 30.3 Å². The van der Waals surface area contributed by atoms with Crippen LogP contribution in [-0.2, 0) is 0 Å². The summed E-state index contributed by atoms with van der Waals surface area (Å²) in [5, 5.41) is 13.3. The number of rotatable bonds is 4. The molecule has 0 radical (unpaired) electrons. The molecule has 0 bridgehead atoms. The molecular formula is C18H12Cl2N2O2. The normalized spacial score (nSPS) is 10.4. The third kappa shape index (κ3) is 3.50. The van der Waals surface area contributed by atoms with Crippen LogP contribution in [0.3, 0.4) is 0 Å². The number of hydrogen-bond acceptors (Lipinski definition) is 3. The van der Waals surface area contributed by atoms with Crippen molar-refractivity contribution in [3.63, 3.8) is 0 Å². The first-order valence-corrected chi connectivity index (χ1v) is 7.81. The molecule has 120 valence electrons. The van der Waals surface area contributed by atoms with E-state index < -0.39 is 5.97 Å². The molecule has 1 heterocycles. The number of carboxylic acids is 1. The van der Waals surface area contributed by atoms with E-state index in [2.05, 4.69) is 10.3 Å². The van der Waals surface area contributed by atoms with Crippen molar-refractivity contribution in [2.75, 3.05) is 5.32 Å². The fourth-order valence-electron chi connectivity index (χ4n) is 2.25. The predicted molar refractivity (Wildman–Crippen MR) is 96.4 cm³/mol. The first kappa shape index (κ1) is 16.3. The molecule has 4 nitrogen and oxygen atoms in total. The second-order valence-corrected chi connectivity index (χ2v) is 5.88. The Morgan fingerprint density at radius 1 is 1.04 bits per heavy atom. The number of halogens is 2. The standard InChI is InChI=1S/C18H12Cl2N2O2/c19-11-5-7-17(14(9-11)18(23)24)22-12-6-8-16(21-10-12)13-3-1-2-4-15(13)20/h1-10,22H,(H,23,24). The van der Waals surface area contributed by atoms with Crippen LogP contribution in [-0.4, -0.2) is 16.1 Å². The van der Waals surface area contributed by atoms with E-state index in [1.54, 1.807) is 24.4 Å². The predicted octanol–water partition coefficient (Wildman–Crippen LogP) is 5.50. The lowest BCUT2D eigenvalue weighted by Gasteiger charge is -2.10. The zero-order valence-electron chi connectivity index (χ0n) is 12.3. The Morgan fingerprint density at radius 2 is 1.83 bits per heavy atom. The summed E-state index contributed by atoms with van der Waals surface area (Å²) in [7, 11) is 0. The van der Waals surface area contributed by atoms with Crippen LogP contribution in [0.2, 0.25) is 10.0 Å². The molecule has 24 heavy (non-hydrogen) atoms. The average Bonchev–Trinajstić information content (AvgIpc) is 2.57. The summed E-state index contributed by atoms with van der Waals surface area (Å²) >= 11 is 12.0. The van der Waals surface area contributed by atoms with Crippen molar-refractivity contribution in [1.82, 2.24) is 4.98 Å². The summed E-state index contributed by atoms with van der Waals surface area (Å²) in [6, 6.07) is 15.7. The zero-order valence-corrected chi connectivity index (χ0v) is 13.8. The third-order valence-electron chi connectivity index (χ3n) is 3.40. The lowest BCUT2D eigenvalue weighted by Crippen LogP contribution is -2.03. The second kappa shape index (κ2) is 6.91. The van der Waals surface area contributed by atoms with E-state index in [4.69, 9.17) is 23.2 Å². The van der Waals surface area contributed by atoms with Gasteiger partial charge < -0.3 is 10.4 Å². The number of aromatic nitrogens is 1. The fourth-order valence-corrected chi connectivity index (χ4v) is 2.66. The maximum atomic E-state index is 11.3.